The Morgan fingerprint density at radius 1 is 0.544 bits per heavy atom. The number of hydrogen-bond acceptors (Lipinski definition) is 7. The first-order chi connectivity index (χ1) is 27.6. The lowest BCUT2D eigenvalue weighted by Gasteiger charge is -2.34. The number of carboxylic acids is 1. The van der Waals surface area contributed by atoms with Gasteiger partial charge in [0.2, 0.25) is 0 Å². The summed E-state index contributed by atoms with van der Waals surface area (Å²) in [6.45, 7) is 4.45. The van der Waals surface area contributed by atoms with E-state index in [4.69, 9.17) is 14.2 Å². The number of rotatable bonds is 39. The van der Waals surface area contributed by atoms with E-state index in [1.165, 1.54) is 77.0 Å². The molecule has 0 aromatic rings. The number of allylic oxidation sites excluding steroid dienone is 12. The van der Waals surface area contributed by atoms with E-state index in [2.05, 4.69) is 50.3 Å². The van der Waals surface area contributed by atoms with E-state index in [0.29, 0.717) is 12.8 Å². The molecule has 0 aliphatic heterocycles. The van der Waals surface area contributed by atoms with Crippen molar-refractivity contribution in [2.45, 2.75) is 180 Å². The van der Waals surface area contributed by atoms with Gasteiger partial charge in [-0.3, -0.25) is 9.59 Å². The maximum atomic E-state index is 12.7. The molecule has 0 aromatic carbocycles. The van der Waals surface area contributed by atoms with Crippen molar-refractivity contribution in [2.75, 3.05) is 41.0 Å². The summed E-state index contributed by atoms with van der Waals surface area (Å²) in [6, 6.07) is -0.735. The van der Waals surface area contributed by atoms with Crippen LogP contribution in [0.2, 0.25) is 0 Å². The van der Waals surface area contributed by atoms with Gasteiger partial charge >= 0.3 is 11.9 Å². The maximum Gasteiger partial charge on any atom is 0.306 e. The summed E-state index contributed by atoms with van der Waals surface area (Å²) in [5.74, 6) is -1.80. The van der Waals surface area contributed by atoms with Crippen molar-refractivity contribution in [2.24, 2.45) is 0 Å². The largest absolute Gasteiger partial charge is 0.544 e. The van der Waals surface area contributed by atoms with Gasteiger partial charge in [0.15, 0.2) is 6.10 Å². The van der Waals surface area contributed by atoms with Crippen LogP contribution < -0.4 is 5.11 Å². The van der Waals surface area contributed by atoms with Crippen LogP contribution in [-0.4, -0.2) is 75.5 Å². The molecule has 0 heterocycles. The molecule has 0 fully saturated rings. The Hall–Kier alpha value is -3.23. The average molecular weight is 798 g/mol. The lowest BCUT2D eigenvalue weighted by molar-refractivity contribution is -0.889. The molecule has 0 saturated heterocycles. The Morgan fingerprint density at radius 3 is 1.49 bits per heavy atom. The standard InChI is InChI=1S/C49H83NO7/c1-6-8-10-12-14-16-18-20-21-22-23-24-25-26-28-30-32-34-36-38-40-48(52)57-45(43-55-42-41-46(49(53)54)50(3,4)5)44-56-47(51)39-37-35-33-31-29-27-19-17-15-13-11-9-7-2/h9,11,13,15-21,27,29,45-46H,6-8,10,12,14,22-26,28,30-44H2,1-5H3/b11-9+,15-13+,18-16+,19-17+,21-20+,29-27+. The summed E-state index contributed by atoms with van der Waals surface area (Å²) in [6.07, 6.45) is 49.3. The topological polar surface area (TPSA) is 102 Å². The van der Waals surface area contributed by atoms with Gasteiger partial charge in [0, 0.05) is 19.3 Å². The van der Waals surface area contributed by atoms with Gasteiger partial charge in [-0.25, -0.2) is 0 Å². The molecule has 326 valence electrons. The fourth-order valence-electron chi connectivity index (χ4n) is 6.19. The van der Waals surface area contributed by atoms with Gasteiger partial charge < -0.3 is 28.6 Å². The van der Waals surface area contributed by atoms with E-state index < -0.39 is 18.1 Å². The highest BCUT2D eigenvalue weighted by Crippen LogP contribution is 2.14. The molecule has 2 unspecified atom stereocenters. The second kappa shape index (κ2) is 39.6. The maximum absolute atomic E-state index is 12.7. The van der Waals surface area contributed by atoms with Crippen molar-refractivity contribution in [3.63, 3.8) is 0 Å². The predicted octanol–water partition coefficient (Wildman–Crippen LogP) is 11.0. The summed E-state index contributed by atoms with van der Waals surface area (Å²) in [4.78, 5) is 36.8. The molecule has 2 atom stereocenters. The fraction of sp³-hybridized carbons (Fsp3) is 0.694. The number of carboxylic acid groups (broad SMARTS) is 1. The average Bonchev–Trinajstić information content (AvgIpc) is 3.17. The lowest BCUT2D eigenvalue weighted by Crippen LogP contribution is -2.55. The third-order valence-corrected chi connectivity index (χ3v) is 9.70. The summed E-state index contributed by atoms with van der Waals surface area (Å²) < 4.78 is 17.1. The minimum Gasteiger partial charge on any atom is -0.544 e. The van der Waals surface area contributed by atoms with Crippen molar-refractivity contribution in [1.82, 2.24) is 0 Å². The number of quaternary nitrogens is 1. The van der Waals surface area contributed by atoms with Crippen LogP contribution >= 0.6 is 0 Å². The second-order valence-corrected chi connectivity index (χ2v) is 16.0. The van der Waals surface area contributed by atoms with Crippen molar-refractivity contribution in [1.29, 1.82) is 0 Å². The molecule has 0 aromatic heterocycles. The molecule has 0 saturated carbocycles. The third-order valence-electron chi connectivity index (χ3n) is 9.70. The Kier molecular flexibility index (Phi) is 37.3. The molecule has 0 spiro atoms. The van der Waals surface area contributed by atoms with E-state index in [1.54, 1.807) is 21.1 Å². The number of carbonyl (C=O) groups excluding carboxylic acids is 3. The zero-order chi connectivity index (χ0) is 42.1. The van der Waals surface area contributed by atoms with Crippen LogP contribution in [-0.2, 0) is 28.6 Å². The first-order valence-corrected chi connectivity index (χ1v) is 22.5. The highest BCUT2D eigenvalue weighted by Gasteiger charge is 2.25. The van der Waals surface area contributed by atoms with E-state index in [-0.39, 0.29) is 42.7 Å². The number of aliphatic carboxylic acids is 1. The lowest BCUT2D eigenvalue weighted by atomic mass is 10.1. The minimum absolute atomic E-state index is 0.0231. The monoisotopic (exact) mass is 798 g/mol. The van der Waals surface area contributed by atoms with Gasteiger partial charge in [-0.1, -0.05) is 164 Å². The highest BCUT2D eigenvalue weighted by atomic mass is 16.6. The molecule has 57 heavy (non-hydrogen) atoms. The summed E-state index contributed by atoms with van der Waals surface area (Å²) in [5.41, 5.74) is 0. The Labute approximate surface area is 349 Å². The van der Waals surface area contributed by atoms with E-state index in [9.17, 15) is 19.5 Å². The molecule has 0 radical (unpaired) electrons. The molecule has 0 amide bonds. The van der Waals surface area contributed by atoms with E-state index in [0.717, 1.165) is 57.8 Å². The number of esters is 2. The van der Waals surface area contributed by atoms with Crippen LogP contribution in [0.3, 0.4) is 0 Å². The fourth-order valence-corrected chi connectivity index (χ4v) is 6.19. The molecule has 0 aliphatic carbocycles. The smallest absolute Gasteiger partial charge is 0.306 e. The van der Waals surface area contributed by atoms with Crippen LogP contribution in [0.4, 0.5) is 0 Å². The molecule has 0 aliphatic rings. The van der Waals surface area contributed by atoms with Crippen LogP contribution in [0.15, 0.2) is 72.9 Å². The van der Waals surface area contributed by atoms with Gasteiger partial charge in [0.25, 0.3) is 0 Å². The molecule has 8 nitrogen and oxygen atoms in total. The number of likely N-dealkylation sites (N-methyl/N-ethyl adjacent to an activating group) is 1. The van der Waals surface area contributed by atoms with Crippen molar-refractivity contribution < 1.29 is 38.2 Å². The van der Waals surface area contributed by atoms with Crippen molar-refractivity contribution in [3.8, 4) is 0 Å². The Morgan fingerprint density at radius 2 is 0.982 bits per heavy atom. The van der Waals surface area contributed by atoms with Crippen LogP contribution in [0, 0.1) is 0 Å². The first kappa shape index (κ1) is 53.8. The Bertz CT molecular complexity index is 1160. The highest BCUT2D eigenvalue weighted by molar-refractivity contribution is 5.70. The van der Waals surface area contributed by atoms with Gasteiger partial charge in [0.05, 0.1) is 40.3 Å². The van der Waals surface area contributed by atoms with Gasteiger partial charge in [0.1, 0.15) is 12.6 Å². The van der Waals surface area contributed by atoms with E-state index >= 15 is 0 Å². The molecular formula is C49H83NO7. The van der Waals surface area contributed by atoms with Gasteiger partial charge in [-0.15, -0.1) is 0 Å². The second-order valence-electron chi connectivity index (χ2n) is 16.0. The zero-order valence-electron chi connectivity index (χ0n) is 37.0. The van der Waals surface area contributed by atoms with E-state index in [1.807, 2.05) is 36.5 Å². The van der Waals surface area contributed by atoms with Crippen LogP contribution in [0.5, 0.6) is 0 Å². The third kappa shape index (κ3) is 38.1. The number of carbonyl (C=O) groups is 3. The van der Waals surface area contributed by atoms with Gasteiger partial charge in [-0.2, -0.15) is 0 Å². The molecule has 0 bridgehead atoms. The SMILES string of the molecule is CC/C=C/C=C/C=C/C=C/CCCCCC(=O)OCC(COCCC(C(=O)[O-])[N+](C)(C)C)OC(=O)CCCCCCCCCCCC/C=C/C=C/CCCCCC. The predicted molar refractivity (Wildman–Crippen MR) is 235 cm³/mol. The van der Waals surface area contributed by atoms with Gasteiger partial charge in [-0.05, 0) is 57.8 Å². The molecular weight excluding hydrogens is 715 g/mol. The molecule has 0 rings (SSSR count). The zero-order valence-corrected chi connectivity index (χ0v) is 37.0. The number of ether oxygens (including phenoxy) is 3. The summed E-state index contributed by atoms with van der Waals surface area (Å²) >= 11 is 0. The quantitative estimate of drug-likeness (QED) is 0.0264. The van der Waals surface area contributed by atoms with Crippen LogP contribution in [0.25, 0.3) is 0 Å². The number of nitrogens with zero attached hydrogens (tertiary/aromatic N) is 1. The molecule has 0 N–H and O–H groups in total. The Balaban J connectivity index is 4.36. The molecule has 8 heteroatoms. The normalized spacial score (nSPS) is 13.6. The van der Waals surface area contributed by atoms with Crippen molar-refractivity contribution >= 4 is 17.9 Å². The van der Waals surface area contributed by atoms with Crippen LogP contribution in [0.1, 0.15) is 168 Å². The summed E-state index contributed by atoms with van der Waals surface area (Å²) in [5, 5.41) is 11.6. The number of hydrogen-bond donors (Lipinski definition) is 0. The van der Waals surface area contributed by atoms with Crippen molar-refractivity contribution in [3.05, 3.63) is 72.9 Å². The first-order valence-electron chi connectivity index (χ1n) is 22.5. The number of unbranched alkanes of at least 4 members (excludes halogenated alkanes) is 17. The minimum atomic E-state index is -1.13. The summed E-state index contributed by atoms with van der Waals surface area (Å²) in [7, 11) is 5.39.